The maximum absolute atomic E-state index is 6.37. The first kappa shape index (κ1) is 20.0. The molecule has 0 unspecified atom stereocenters. The van der Waals surface area contributed by atoms with Crippen molar-refractivity contribution < 1.29 is 0 Å². The van der Waals surface area contributed by atoms with Crippen LogP contribution in [0.15, 0.2) is 101 Å². The Hall–Kier alpha value is -3.96. The summed E-state index contributed by atoms with van der Waals surface area (Å²) in [7, 11) is 0. The first-order valence-electron chi connectivity index (χ1n) is 10.2. The Bertz CT molecular complexity index is 1480. The molecule has 0 fully saturated rings. The molecule has 0 aliphatic rings. The molecular weight excluding hydrogens is 418 g/mol. The van der Waals surface area contributed by atoms with E-state index in [1.165, 1.54) is 0 Å². The van der Waals surface area contributed by atoms with Gasteiger partial charge in [-0.3, -0.25) is 0 Å². The average Bonchev–Trinajstić information content (AvgIpc) is 3.17. The Labute approximate surface area is 190 Å². The lowest BCUT2D eigenvalue weighted by atomic mass is 10.2. The molecular formula is C26H20ClN5. The molecule has 2 heterocycles. The van der Waals surface area contributed by atoms with E-state index in [-0.39, 0.29) is 5.84 Å². The first-order valence-corrected chi connectivity index (χ1v) is 10.6. The maximum atomic E-state index is 6.37. The van der Waals surface area contributed by atoms with Crippen molar-refractivity contribution in [1.82, 2.24) is 9.55 Å². The zero-order chi connectivity index (χ0) is 21.9. The molecule has 0 radical (unpaired) electrons. The van der Waals surface area contributed by atoms with Crippen molar-refractivity contribution in [3.8, 4) is 0 Å². The molecule has 32 heavy (non-hydrogen) atoms. The van der Waals surface area contributed by atoms with Crippen molar-refractivity contribution in [2.45, 2.75) is 6.54 Å². The second kappa shape index (κ2) is 8.65. The molecule has 0 aliphatic heterocycles. The van der Waals surface area contributed by atoms with Crippen LogP contribution in [-0.2, 0) is 6.54 Å². The molecule has 2 N–H and O–H groups in total. The van der Waals surface area contributed by atoms with E-state index < -0.39 is 0 Å². The van der Waals surface area contributed by atoms with Gasteiger partial charge in [-0.05, 0) is 29.8 Å². The number of hydrogen-bond donors (Lipinski definition) is 1. The Morgan fingerprint density at radius 1 is 0.938 bits per heavy atom. The molecule has 5 nitrogen and oxygen atoms in total. The number of nitrogens with zero attached hydrogens (tertiary/aromatic N) is 4. The molecule has 0 bridgehead atoms. The van der Waals surface area contributed by atoms with Crippen LogP contribution >= 0.6 is 11.6 Å². The van der Waals surface area contributed by atoms with Crippen molar-refractivity contribution in [2.24, 2.45) is 15.9 Å². The summed E-state index contributed by atoms with van der Waals surface area (Å²) < 4.78 is 2.16. The monoisotopic (exact) mass is 437 g/mol. The molecule has 6 heteroatoms. The Kier molecular flexibility index (Phi) is 5.40. The van der Waals surface area contributed by atoms with E-state index in [9.17, 15) is 0 Å². The van der Waals surface area contributed by atoms with Crippen LogP contribution in [0.2, 0.25) is 5.02 Å². The topological polar surface area (TPSA) is 68.6 Å². The third kappa shape index (κ3) is 3.98. The molecule has 0 saturated heterocycles. The van der Waals surface area contributed by atoms with Crippen molar-refractivity contribution in [2.75, 3.05) is 0 Å². The van der Waals surface area contributed by atoms with E-state index in [1.54, 1.807) is 6.21 Å². The van der Waals surface area contributed by atoms with E-state index in [0.29, 0.717) is 12.2 Å². The fourth-order valence-electron chi connectivity index (χ4n) is 3.73. The smallest absolute Gasteiger partial charge is 0.172 e. The first-order chi connectivity index (χ1) is 15.7. The summed E-state index contributed by atoms with van der Waals surface area (Å²) in [5.74, 6) is 0.270. The highest BCUT2D eigenvalue weighted by Gasteiger charge is 2.09. The van der Waals surface area contributed by atoms with Crippen LogP contribution in [0, 0.1) is 0 Å². The van der Waals surface area contributed by atoms with Gasteiger partial charge in [0, 0.05) is 39.6 Å². The largest absolute Gasteiger partial charge is 0.380 e. The summed E-state index contributed by atoms with van der Waals surface area (Å²) >= 11 is 6.37. The zero-order valence-corrected chi connectivity index (χ0v) is 17.9. The summed E-state index contributed by atoms with van der Waals surface area (Å²) in [5, 5.41) is 11.3. The molecule has 5 aromatic rings. The normalized spacial score (nSPS) is 12.2. The van der Waals surface area contributed by atoms with Crippen molar-refractivity contribution in [3.63, 3.8) is 0 Å². The highest BCUT2D eigenvalue weighted by molar-refractivity contribution is 6.31. The number of pyridine rings is 1. The quantitative estimate of drug-likeness (QED) is 0.220. The summed E-state index contributed by atoms with van der Waals surface area (Å²) in [4.78, 5) is 4.56. The van der Waals surface area contributed by atoms with E-state index >= 15 is 0 Å². The minimum Gasteiger partial charge on any atom is -0.380 e. The van der Waals surface area contributed by atoms with Gasteiger partial charge in [-0.25, -0.2) is 4.98 Å². The van der Waals surface area contributed by atoms with Crippen LogP contribution in [-0.4, -0.2) is 21.6 Å². The zero-order valence-electron chi connectivity index (χ0n) is 17.2. The third-order valence-corrected chi connectivity index (χ3v) is 5.71. The van der Waals surface area contributed by atoms with Gasteiger partial charge in [0.25, 0.3) is 0 Å². The van der Waals surface area contributed by atoms with E-state index in [4.69, 9.17) is 17.3 Å². The summed E-state index contributed by atoms with van der Waals surface area (Å²) in [6, 6.07) is 27.8. The Morgan fingerprint density at radius 3 is 2.62 bits per heavy atom. The minimum atomic E-state index is 0.270. The van der Waals surface area contributed by atoms with Crippen LogP contribution in [0.4, 0.5) is 0 Å². The van der Waals surface area contributed by atoms with E-state index in [2.05, 4.69) is 38.1 Å². The number of rotatable bonds is 5. The number of fused-ring (bicyclic) bond motifs is 2. The Balaban J connectivity index is 1.45. The third-order valence-electron chi connectivity index (χ3n) is 5.34. The van der Waals surface area contributed by atoms with Crippen LogP contribution in [0.3, 0.4) is 0 Å². The number of halogens is 1. The molecule has 0 atom stereocenters. The minimum absolute atomic E-state index is 0.270. The number of benzene rings is 3. The average molecular weight is 438 g/mol. The second-order valence-electron chi connectivity index (χ2n) is 7.44. The van der Waals surface area contributed by atoms with Crippen LogP contribution in [0.1, 0.15) is 16.8 Å². The lowest BCUT2D eigenvalue weighted by molar-refractivity contribution is 0.836. The van der Waals surface area contributed by atoms with Crippen molar-refractivity contribution in [3.05, 3.63) is 113 Å². The lowest BCUT2D eigenvalue weighted by Crippen LogP contribution is -2.14. The summed E-state index contributed by atoms with van der Waals surface area (Å²) in [6.07, 6.45) is 3.77. The molecule has 5 rings (SSSR count). The fourth-order valence-corrected chi connectivity index (χ4v) is 3.93. The summed E-state index contributed by atoms with van der Waals surface area (Å²) in [6.45, 7) is 0.667. The van der Waals surface area contributed by atoms with Gasteiger partial charge in [-0.15, -0.1) is 5.10 Å². The number of para-hydroxylation sites is 2. The molecule has 156 valence electrons. The predicted molar refractivity (Wildman–Crippen MR) is 133 cm³/mol. The number of amidine groups is 1. The standard InChI is InChI=1S/C26H20ClN5/c27-22-10-4-1-8-19(22)16-32-17-20(21-9-3-6-12-25(21)32)15-29-31-26(28)24-14-13-18-7-2-5-11-23(18)30-24/h1-15,17H,16H2,(H2,28,31)/b29-15+. The highest BCUT2D eigenvalue weighted by atomic mass is 35.5. The van der Waals surface area contributed by atoms with Crippen molar-refractivity contribution >= 4 is 45.5 Å². The number of hydrogen-bond acceptors (Lipinski definition) is 3. The van der Waals surface area contributed by atoms with Gasteiger partial charge in [0.15, 0.2) is 5.84 Å². The van der Waals surface area contributed by atoms with Crippen LogP contribution < -0.4 is 5.73 Å². The second-order valence-corrected chi connectivity index (χ2v) is 7.85. The van der Waals surface area contributed by atoms with Gasteiger partial charge in [0.2, 0.25) is 0 Å². The molecule has 0 amide bonds. The van der Waals surface area contributed by atoms with Gasteiger partial charge in [-0.1, -0.05) is 72.3 Å². The lowest BCUT2D eigenvalue weighted by Gasteiger charge is -2.07. The van der Waals surface area contributed by atoms with Crippen LogP contribution in [0.25, 0.3) is 21.8 Å². The molecule has 0 spiro atoms. The molecule has 0 saturated carbocycles. The van der Waals surface area contributed by atoms with Gasteiger partial charge < -0.3 is 10.3 Å². The van der Waals surface area contributed by atoms with E-state index in [1.807, 2.05) is 72.8 Å². The van der Waals surface area contributed by atoms with Gasteiger partial charge in [-0.2, -0.15) is 5.10 Å². The van der Waals surface area contributed by atoms with Crippen LogP contribution in [0.5, 0.6) is 0 Å². The maximum Gasteiger partial charge on any atom is 0.172 e. The summed E-state index contributed by atoms with van der Waals surface area (Å²) in [5.41, 5.74) is 10.7. The van der Waals surface area contributed by atoms with Gasteiger partial charge >= 0.3 is 0 Å². The number of nitrogens with two attached hydrogens (primary N) is 1. The van der Waals surface area contributed by atoms with Crippen molar-refractivity contribution in [1.29, 1.82) is 0 Å². The van der Waals surface area contributed by atoms with Gasteiger partial charge in [0.1, 0.15) is 5.69 Å². The SMILES string of the molecule is N/C(=N\N=C\c1cn(Cc2ccccc2Cl)c2ccccc12)c1ccc2ccccc2n1. The molecule has 3 aromatic carbocycles. The number of aromatic nitrogens is 2. The molecule has 0 aliphatic carbocycles. The highest BCUT2D eigenvalue weighted by Crippen LogP contribution is 2.23. The Morgan fingerprint density at radius 2 is 1.72 bits per heavy atom. The molecule has 2 aromatic heterocycles. The van der Waals surface area contributed by atoms with E-state index in [0.717, 1.165) is 38.0 Å². The predicted octanol–water partition coefficient (Wildman–Crippen LogP) is 5.63. The fraction of sp³-hybridized carbons (Fsp3) is 0.0385. The van der Waals surface area contributed by atoms with Gasteiger partial charge in [0.05, 0.1) is 11.7 Å².